The molecule has 0 bridgehead atoms. The maximum absolute atomic E-state index is 12.1. The van der Waals surface area contributed by atoms with E-state index in [1.807, 2.05) is 18.2 Å². The molecule has 20 heavy (non-hydrogen) atoms. The van der Waals surface area contributed by atoms with Crippen molar-refractivity contribution in [2.75, 3.05) is 5.32 Å². The number of hydrogen-bond donors (Lipinski definition) is 1. The highest BCUT2D eigenvalue weighted by molar-refractivity contribution is 9.11. The van der Waals surface area contributed by atoms with E-state index in [1.165, 1.54) is 0 Å². The van der Waals surface area contributed by atoms with Gasteiger partial charge in [-0.05, 0) is 35.9 Å². The van der Waals surface area contributed by atoms with E-state index in [4.69, 9.17) is 5.26 Å². The molecule has 0 spiro atoms. The number of amides is 1. The van der Waals surface area contributed by atoms with Crippen LogP contribution in [0.15, 0.2) is 51.4 Å². The SMILES string of the molecule is N#CCc1ccc(NC(=O)c2cc(Br)cc(Br)c2)cc1. The van der Waals surface area contributed by atoms with Crippen LogP contribution in [0, 0.1) is 11.3 Å². The van der Waals surface area contributed by atoms with Gasteiger partial charge in [-0.3, -0.25) is 4.79 Å². The van der Waals surface area contributed by atoms with E-state index in [2.05, 4.69) is 43.2 Å². The Labute approximate surface area is 133 Å². The summed E-state index contributed by atoms with van der Waals surface area (Å²) >= 11 is 6.71. The summed E-state index contributed by atoms with van der Waals surface area (Å²) in [6, 6.07) is 14.7. The Kier molecular flexibility index (Phi) is 4.94. The second kappa shape index (κ2) is 6.69. The van der Waals surface area contributed by atoms with E-state index in [0.29, 0.717) is 17.7 Å². The molecule has 0 radical (unpaired) electrons. The largest absolute Gasteiger partial charge is 0.322 e. The standard InChI is InChI=1S/C15H10Br2N2O/c16-12-7-11(8-13(17)9-12)15(20)19-14-3-1-10(2-4-14)5-6-18/h1-4,7-9H,5H2,(H,19,20). The van der Waals surface area contributed by atoms with E-state index >= 15 is 0 Å². The van der Waals surface area contributed by atoms with Crippen LogP contribution in [0.4, 0.5) is 5.69 Å². The van der Waals surface area contributed by atoms with E-state index < -0.39 is 0 Å². The lowest BCUT2D eigenvalue weighted by Gasteiger charge is -2.07. The van der Waals surface area contributed by atoms with Crippen molar-refractivity contribution < 1.29 is 4.79 Å². The molecule has 0 heterocycles. The molecule has 0 saturated carbocycles. The van der Waals surface area contributed by atoms with Crippen LogP contribution in [0.1, 0.15) is 15.9 Å². The monoisotopic (exact) mass is 392 g/mol. The Bertz CT molecular complexity index is 655. The molecule has 5 heteroatoms. The normalized spacial score (nSPS) is 9.85. The first-order valence-electron chi connectivity index (χ1n) is 5.82. The highest BCUT2D eigenvalue weighted by Gasteiger charge is 2.08. The molecule has 100 valence electrons. The smallest absolute Gasteiger partial charge is 0.255 e. The fraction of sp³-hybridized carbons (Fsp3) is 0.0667. The zero-order valence-corrected chi connectivity index (χ0v) is 13.5. The number of rotatable bonds is 3. The van der Waals surface area contributed by atoms with Crippen LogP contribution in [-0.2, 0) is 6.42 Å². The van der Waals surface area contributed by atoms with Gasteiger partial charge < -0.3 is 5.32 Å². The molecule has 0 aromatic heterocycles. The molecule has 0 atom stereocenters. The molecule has 1 amide bonds. The van der Waals surface area contributed by atoms with Gasteiger partial charge in [0.2, 0.25) is 0 Å². The Morgan fingerprint density at radius 1 is 1.10 bits per heavy atom. The van der Waals surface area contributed by atoms with Crippen molar-refractivity contribution in [1.82, 2.24) is 0 Å². The molecule has 2 rings (SSSR count). The fourth-order valence-electron chi connectivity index (χ4n) is 1.69. The summed E-state index contributed by atoms with van der Waals surface area (Å²) in [5.74, 6) is -0.181. The Morgan fingerprint density at radius 3 is 2.25 bits per heavy atom. The van der Waals surface area contributed by atoms with Crippen LogP contribution >= 0.6 is 31.9 Å². The summed E-state index contributed by atoms with van der Waals surface area (Å²) in [6.07, 6.45) is 0.368. The average Bonchev–Trinajstić information content (AvgIpc) is 2.40. The van der Waals surface area contributed by atoms with Crippen molar-refractivity contribution in [1.29, 1.82) is 5.26 Å². The maximum Gasteiger partial charge on any atom is 0.255 e. The zero-order valence-electron chi connectivity index (χ0n) is 10.4. The average molecular weight is 394 g/mol. The first kappa shape index (κ1) is 14.8. The number of nitrogens with one attached hydrogen (secondary N) is 1. The van der Waals surface area contributed by atoms with Crippen LogP contribution < -0.4 is 5.32 Å². The molecule has 2 aromatic rings. The van der Waals surface area contributed by atoms with Crippen LogP contribution in [0.3, 0.4) is 0 Å². The number of halogens is 2. The minimum Gasteiger partial charge on any atom is -0.322 e. The molecular formula is C15H10Br2N2O. The van der Waals surface area contributed by atoms with Gasteiger partial charge in [-0.2, -0.15) is 5.26 Å². The van der Waals surface area contributed by atoms with Gasteiger partial charge in [0, 0.05) is 20.2 Å². The van der Waals surface area contributed by atoms with Crippen LogP contribution in [-0.4, -0.2) is 5.91 Å². The van der Waals surface area contributed by atoms with Crippen LogP contribution in [0.25, 0.3) is 0 Å². The van der Waals surface area contributed by atoms with Crippen molar-refractivity contribution in [2.24, 2.45) is 0 Å². The highest BCUT2D eigenvalue weighted by Crippen LogP contribution is 2.21. The summed E-state index contributed by atoms with van der Waals surface area (Å²) in [4.78, 5) is 12.1. The number of nitrogens with zero attached hydrogens (tertiary/aromatic N) is 1. The van der Waals surface area contributed by atoms with Gasteiger partial charge in [0.1, 0.15) is 0 Å². The number of carbonyl (C=O) groups excluding carboxylic acids is 1. The van der Waals surface area contributed by atoms with Crippen LogP contribution in [0.5, 0.6) is 0 Å². The number of nitriles is 1. The summed E-state index contributed by atoms with van der Waals surface area (Å²) in [6.45, 7) is 0. The molecule has 0 aliphatic carbocycles. The van der Waals surface area contributed by atoms with E-state index in [0.717, 1.165) is 14.5 Å². The highest BCUT2D eigenvalue weighted by atomic mass is 79.9. The molecule has 0 aliphatic heterocycles. The molecule has 0 fully saturated rings. The van der Waals surface area contributed by atoms with E-state index in [1.54, 1.807) is 24.3 Å². The topological polar surface area (TPSA) is 52.9 Å². The molecular weight excluding hydrogens is 384 g/mol. The second-order valence-corrected chi connectivity index (χ2v) is 5.98. The number of anilines is 1. The van der Waals surface area contributed by atoms with E-state index in [-0.39, 0.29) is 5.91 Å². The van der Waals surface area contributed by atoms with Crippen LogP contribution in [0.2, 0.25) is 0 Å². The summed E-state index contributed by atoms with van der Waals surface area (Å²) < 4.78 is 1.67. The molecule has 0 unspecified atom stereocenters. The predicted octanol–water partition coefficient (Wildman–Crippen LogP) is 4.53. The molecule has 0 saturated heterocycles. The van der Waals surface area contributed by atoms with E-state index in [9.17, 15) is 4.79 Å². The third kappa shape index (κ3) is 3.92. The lowest BCUT2D eigenvalue weighted by atomic mass is 10.1. The third-order valence-corrected chi connectivity index (χ3v) is 3.54. The van der Waals surface area contributed by atoms with Crippen molar-refractivity contribution in [3.63, 3.8) is 0 Å². The molecule has 2 aromatic carbocycles. The van der Waals surface area contributed by atoms with Gasteiger partial charge in [0.15, 0.2) is 0 Å². The number of benzene rings is 2. The van der Waals surface area contributed by atoms with Gasteiger partial charge >= 0.3 is 0 Å². The Morgan fingerprint density at radius 2 is 1.70 bits per heavy atom. The van der Waals surface area contributed by atoms with Gasteiger partial charge in [0.05, 0.1) is 12.5 Å². The Balaban J connectivity index is 2.13. The lowest BCUT2D eigenvalue weighted by molar-refractivity contribution is 0.102. The maximum atomic E-state index is 12.1. The van der Waals surface area contributed by atoms with Gasteiger partial charge in [0.25, 0.3) is 5.91 Å². The Hall–Kier alpha value is -1.64. The first-order valence-corrected chi connectivity index (χ1v) is 7.40. The van der Waals surface area contributed by atoms with Crippen molar-refractivity contribution in [3.05, 3.63) is 62.5 Å². The van der Waals surface area contributed by atoms with Gasteiger partial charge in [-0.1, -0.05) is 44.0 Å². The van der Waals surface area contributed by atoms with Crippen molar-refractivity contribution >= 4 is 43.5 Å². The minimum atomic E-state index is -0.181. The number of carbonyl (C=O) groups is 1. The molecule has 1 N–H and O–H groups in total. The first-order chi connectivity index (χ1) is 9.58. The third-order valence-electron chi connectivity index (χ3n) is 2.62. The van der Waals surface area contributed by atoms with Crippen molar-refractivity contribution in [3.8, 4) is 6.07 Å². The zero-order chi connectivity index (χ0) is 14.5. The fourth-order valence-corrected chi connectivity index (χ4v) is 2.98. The molecule has 3 nitrogen and oxygen atoms in total. The number of hydrogen-bond acceptors (Lipinski definition) is 2. The summed E-state index contributed by atoms with van der Waals surface area (Å²) in [5, 5.41) is 11.4. The second-order valence-electron chi connectivity index (χ2n) is 4.14. The predicted molar refractivity (Wildman–Crippen MR) is 85.6 cm³/mol. The van der Waals surface area contributed by atoms with Gasteiger partial charge in [-0.25, -0.2) is 0 Å². The van der Waals surface area contributed by atoms with Crippen molar-refractivity contribution in [2.45, 2.75) is 6.42 Å². The minimum absolute atomic E-state index is 0.181. The van der Waals surface area contributed by atoms with Gasteiger partial charge in [-0.15, -0.1) is 0 Å². The summed E-state index contributed by atoms with van der Waals surface area (Å²) in [5.41, 5.74) is 2.19. The lowest BCUT2D eigenvalue weighted by Crippen LogP contribution is -2.11. The molecule has 0 aliphatic rings. The quantitative estimate of drug-likeness (QED) is 0.832. The summed E-state index contributed by atoms with van der Waals surface area (Å²) in [7, 11) is 0.